The minimum absolute atomic E-state index is 0.371. The van der Waals surface area contributed by atoms with E-state index < -0.39 is 10.0 Å². The number of nitrogens with zero attached hydrogens (tertiary/aromatic N) is 1. The van der Waals surface area contributed by atoms with E-state index in [2.05, 4.69) is 0 Å². The van der Waals surface area contributed by atoms with Crippen molar-refractivity contribution in [1.29, 1.82) is 0 Å². The van der Waals surface area contributed by atoms with Gasteiger partial charge in [0.15, 0.2) is 0 Å². The van der Waals surface area contributed by atoms with Crippen molar-refractivity contribution < 1.29 is 13.2 Å². The summed E-state index contributed by atoms with van der Waals surface area (Å²) in [5.74, 6) is 0.766. The van der Waals surface area contributed by atoms with E-state index in [9.17, 15) is 8.42 Å². The summed E-state index contributed by atoms with van der Waals surface area (Å²) in [5.41, 5.74) is 0.869. The molecule has 0 radical (unpaired) electrons. The first-order valence-corrected chi connectivity index (χ1v) is 8.23. The zero-order valence-corrected chi connectivity index (χ0v) is 12.4. The highest BCUT2D eigenvalue weighted by Crippen LogP contribution is 2.26. The molecule has 1 heterocycles. The largest absolute Gasteiger partial charge is 0.493 e. The van der Waals surface area contributed by atoms with E-state index in [-0.39, 0.29) is 0 Å². The molecule has 0 aliphatic carbocycles. The first-order chi connectivity index (χ1) is 9.05. The summed E-state index contributed by atoms with van der Waals surface area (Å²) in [4.78, 5) is 0.371. The molecule has 1 aliphatic rings. The Bertz CT molecular complexity index is 534. The molecule has 1 aromatic carbocycles. The molecule has 106 valence electrons. The summed E-state index contributed by atoms with van der Waals surface area (Å²) >= 11 is 0. The van der Waals surface area contributed by atoms with Crippen molar-refractivity contribution in [2.45, 2.75) is 38.0 Å². The van der Waals surface area contributed by atoms with Crippen LogP contribution in [0.3, 0.4) is 0 Å². The Labute approximate surface area is 115 Å². The fourth-order valence-electron chi connectivity index (χ4n) is 2.23. The second-order valence-electron chi connectivity index (χ2n) is 4.89. The maximum Gasteiger partial charge on any atom is 0.243 e. The number of benzene rings is 1. The van der Waals surface area contributed by atoms with Crippen LogP contribution in [0.25, 0.3) is 0 Å². The second kappa shape index (κ2) is 5.92. The lowest BCUT2D eigenvalue weighted by Crippen LogP contribution is -2.27. The summed E-state index contributed by atoms with van der Waals surface area (Å²) in [6, 6.07) is 5.11. The number of hydrogen-bond acceptors (Lipinski definition) is 3. The Balaban J connectivity index is 2.23. The Morgan fingerprint density at radius 2 is 1.95 bits per heavy atom. The summed E-state index contributed by atoms with van der Waals surface area (Å²) in [6.07, 6.45) is 2.85. The number of ether oxygens (including phenoxy) is 1. The van der Waals surface area contributed by atoms with Crippen molar-refractivity contribution in [2.24, 2.45) is 0 Å². The molecule has 5 heteroatoms. The molecule has 0 N–H and O–H groups in total. The zero-order chi connectivity index (χ0) is 13.9. The lowest BCUT2D eigenvalue weighted by atomic mass is 10.2. The highest BCUT2D eigenvalue weighted by molar-refractivity contribution is 7.89. The molecule has 0 atom stereocenters. The Kier molecular flexibility index (Phi) is 4.47. The standard InChI is InChI=1S/C14H21NO3S/c1-3-10-18-14-7-6-13(11-12(14)2)19(16,17)15-8-4-5-9-15/h6-7,11H,3-5,8-10H2,1-2H3. The van der Waals surface area contributed by atoms with Crippen LogP contribution >= 0.6 is 0 Å². The number of aryl methyl sites for hydroxylation is 1. The van der Waals surface area contributed by atoms with Crippen LogP contribution in [-0.4, -0.2) is 32.4 Å². The van der Waals surface area contributed by atoms with Gasteiger partial charge in [-0.25, -0.2) is 8.42 Å². The minimum Gasteiger partial charge on any atom is -0.493 e. The van der Waals surface area contributed by atoms with Gasteiger partial charge in [0.25, 0.3) is 0 Å². The predicted octanol–water partition coefficient (Wildman–Crippen LogP) is 2.57. The lowest BCUT2D eigenvalue weighted by Gasteiger charge is -2.16. The van der Waals surface area contributed by atoms with Crippen LogP contribution in [0.5, 0.6) is 5.75 Å². The molecule has 0 unspecified atom stereocenters. The van der Waals surface area contributed by atoms with Gasteiger partial charge < -0.3 is 4.74 Å². The van der Waals surface area contributed by atoms with Crippen LogP contribution in [0.1, 0.15) is 31.7 Å². The Hall–Kier alpha value is -1.07. The molecule has 1 fully saturated rings. The topological polar surface area (TPSA) is 46.6 Å². The highest BCUT2D eigenvalue weighted by Gasteiger charge is 2.27. The van der Waals surface area contributed by atoms with Crippen LogP contribution in [0, 0.1) is 6.92 Å². The molecule has 0 saturated carbocycles. The molecular formula is C14H21NO3S. The Morgan fingerprint density at radius 3 is 2.53 bits per heavy atom. The van der Waals surface area contributed by atoms with E-state index in [0.29, 0.717) is 24.6 Å². The van der Waals surface area contributed by atoms with E-state index in [0.717, 1.165) is 30.6 Å². The van der Waals surface area contributed by atoms with Crippen molar-refractivity contribution in [3.8, 4) is 5.75 Å². The van der Waals surface area contributed by atoms with Gasteiger partial charge in [-0.05, 0) is 49.9 Å². The third-order valence-electron chi connectivity index (χ3n) is 3.31. The SMILES string of the molecule is CCCOc1ccc(S(=O)(=O)N2CCCC2)cc1C. The second-order valence-corrected chi connectivity index (χ2v) is 6.82. The summed E-state index contributed by atoms with van der Waals surface area (Å²) in [5, 5.41) is 0. The fourth-order valence-corrected chi connectivity index (χ4v) is 3.84. The average Bonchev–Trinajstić information content (AvgIpc) is 2.91. The predicted molar refractivity (Wildman–Crippen MR) is 75.0 cm³/mol. The van der Waals surface area contributed by atoms with Crippen LogP contribution < -0.4 is 4.74 Å². The van der Waals surface area contributed by atoms with Gasteiger partial charge in [0.05, 0.1) is 11.5 Å². The van der Waals surface area contributed by atoms with Crippen LogP contribution in [0.2, 0.25) is 0 Å². The number of rotatable bonds is 5. The third kappa shape index (κ3) is 3.09. The van der Waals surface area contributed by atoms with E-state index in [1.807, 2.05) is 13.8 Å². The van der Waals surface area contributed by atoms with Crippen molar-refractivity contribution in [3.63, 3.8) is 0 Å². The molecule has 4 nitrogen and oxygen atoms in total. The monoisotopic (exact) mass is 283 g/mol. The summed E-state index contributed by atoms with van der Waals surface area (Å²) in [7, 11) is -3.32. The van der Waals surface area contributed by atoms with Crippen LogP contribution in [-0.2, 0) is 10.0 Å². The maximum absolute atomic E-state index is 12.4. The third-order valence-corrected chi connectivity index (χ3v) is 5.21. The van der Waals surface area contributed by atoms with Crippen LogP contribution in [0.15, 0.2) is 23.1 Å². The van der Waals surface area contributed by atoms with Gasteiger partial charge in [-0.15, -0.1) is 0 Å². The van der Waals surface area contributed by atoms with Crippen molar-refractivity contribution in [3.05, 3.63) is 23.8 Å². The molecule has 2 rings (SSSR count). The molecule has 0 amide bonds. The number of sulfonamides is 1. The van der Waals surface area contributed by atoms with Gasteiger partial charge in [-0.3, -0.25) is 0 Å². The van der Waals surface area contributed by atoms with Crippen molar-refractivity contribution in [2.75, 3.05) is 19.7 Å². The summed E-state index contributed by atoms with van der Waals surface area (Å²) < 4.78 is 31.9. The van der Waals surface area contributed by atoms with Gasteiger partial charge in [-0.1, -0.05) is 6.92 Å². The van der Waals surface area contributed by atoms with E-state index in [4.69, 9.17) is 4.74 Å². The van der Waals surface area contributed by atoms with E-state index in [1.54, 1.807) is 22.5 Å². The van der Waals surface area contributed by atoms with Crippen molar-refractivity contribution in [1.82, 2.24) is 4.31 Å². The normalized spacial score (nSPS) is 16.7. The average molecular weight is 283 g/mol. The fraction of sp³-hybridized carbons (Fsp3) is 0.571. The number of hydrogen-bond donors (Lipinski definition) is 0. The first-order valence-electron chi connectivity index (χ1n) is 6.79. The first kappa shape index (κ1) is 14.3. The lowest BCUT2D eigenvalue weighted by molar-refractivity contribution is 0.315. The molecule has 1 aromatic rings. The summed E-state index contributed by atoms with van der Waals surface area (Å²) in [6.45, 7) is 5.85. The smallest absolute Gasteiger partial charge is 0.243 e. The molecular weight excluding hydrogens is 262 g/mol. The van der Waals surface area contributed by atoms with Gasteiger partial charge in [-0.2, -0.15) is 4.31 Å². The van der Waals surface area contributed by atoms with E-state index in [1.165, 1.54) is 0 Å². The van der Waals surface area contributed by atoms with Gasteiger partial charge in [0.2, 0.25) is 10.0 Å². The van der Waals surface area contributed by atoms with Gasteiger partial charge in [0, 0.05) is 13.1 Å². The molecule has 1 aliphatic heterocycles. The highest BCUT2D eigenvalue weighted by atomic mass is 32.2. The molecule has 0 aromatic heterocycles. The van der Waals surface area contributed by atoms with E-state index >= 15 is 0 Å². The molecule has 0 bridgehead atoms. The van der Waals surface area contributed by atoms with Gasteiger partial charge in [0.1, 0.15) is 5.75 Å². The zero-order valence-electron chi connectivity index (χ0n) is 11.6. The van der Waals surface area contributed by atoms with Crippen LogP contribution in [0.4, 0.5) is 0 Å². The molecule has 1 saturated heterocycles. The molecule has 19 heavy (non-hydrogen) atoms. The maximum atomic E-state index is 12.4. The minimum atomic E-state index is -3.32. The Morgan fingerprint density at radius 1 is 1.26 bits per heavy atom. The molecule has 0 spiro atoms. The van der Waals surface area contributed by atoms with Crippen molar-refractivity contribution >= 4 is 10.0 Å². The van der Waals surface area contributed by atoms with Gasteiger partial charge >= 0.3 is 0 Å². The quantitative estimate of drug-likeness (QED) is 0.834.